The molecule has 2 N–H and O–H groups in total. The molecule has 0 aliphatic carbocycles. The number of hydrogen-bond acceptors (Lipinski definition) is 4. The molecule has 12 heavy (non-hydrogen) atoms. The summed E-state index contributed by atoms with van der Waals surface area (Å²) in [7, 11) is -2.86. The Morgan fingerprint density at radius 1 is 1.50 bits per heavy atom. The van der Waals surface area contributed by atoms with Crippen molar-refractivity contribution in [3.8, 4) is 0 Å². The summed E-state index contributed by atoms with van der Waals surface area (Å²) in [6, 6.07) is 0.178. The van der Waals surface area contributed by atoms with E-state index in [9.17, 15) is 8.42 Å². The lowest BCUT2D eigenvalue weighted by Crippen LogP contribution is -2.31. The molecule has 74 valence electrons. The molecule has 4 nitrogen and oxygen atoms in total. The molecule has 0 aliphatic heterocycles. The van der Waals surface area contributed by atoms with Crippen LogP contribution in [0.4, 0.5) is 0 Å². The van der Waals surface area contributed by atoms with Crippen LogP contribution in [0.15, 0.2) is 0 Å². The van der Waals surface area contributed by atoms with Gasteiger partial charge < -0.3 is 10.4 Å². The molecular weight excluding hydrogens is 178 g/mol. The van der Waals surface area contributed by atoms with E-state index < -0.39 is 9.84 Å². The third kappa shape index (κ3) is 7.97. The third-order valence-electron chi connectivity index (χ3n) is 1.53. The van der Waals surface area contributed by atoms with Gasteiger partial charge in [-0.05, 0) is 13.3 Å². The third-order valence-corrected chi connectivity index (χ3v) is 2.47. The van der Waals surface area contributed by atoms with E-state index in [1.54, 1.807) is 0 Å². The summed E-state index contributed by atoms with van der Waals surface area (Å²) in [5, 5.41) is 11.5. The van der Waals surface area contributed by atoms with E-state index in [0.29, 0.717) is 13.0 Å². The lowest BCUT2D eigenvalue weighted by Gasteiger charge is -2.10. The van der Waals surface area contributed by atoms with Gasteiger partial charge >= 0.3 is 0 Å². The molecule has 0 aromatic carbocycles. The van der Waals surface area contributed by atoms with Crippen molar-refractivity contribution in [1.82, 2.24) is 5.32 Å². The molecule has 1 atom stereocenters. The van der Waals surface area contributed by atoms with Gasteiger partial charge in [-0.25, -0.2) is 8.42 Å². The van der Waals surface area contributed by atoms with Crippen molar-refractivity contribution in [2.75, 3.05) is 25.2 Å². The Labute approximate surface area is 73.9 Å². The Morgan fingerprint density at radius 2 is 2.08 bits per heavy atom. The van der Waals surface area contributed by atoms with E-state index in [1.807, 2.05) is 6.92 Å². The minimum atomic E-state index is -2.86. The first-order chi connectivity index (χ1) is 5.45. The molecule has 0 rings (SSSR count). The van der Waals surface area contributed by atoms with Crippen LogP contribution in [0.2, 0.25) is 0 Å². The Morgan fingerprint density at radius 3 is 2.50 bits per heavy atom. The lowest BCUT2D eigenvalue weighted by atomic mass is 10.2. The van der Waals surface area contributed by atoms with E-state index in [1.165, 1.54) is 6.26 Å². The summed E-state index contributed by atoms with van der Waals surface area (Å²) in [5.41, 5.74) is 0. The maximum Gasteiger partial charge on any atom is 0.148 e. The number of nitrogens with one attached hydrogen (secondary N) is 1. The van der Waals surface area contributed by atoms with Crippen LogP contribution >= 0.6 is 0 Å². The molecule has 0 aliphatic rings. The van der Waals surface area contributed by atoms with Crippen molar-refractivity contribution >= 4 is 9.84 Å². The Kier molecular flexibility index (Phi) is 5.44. The number of hydrogen-bond donors (Lipinski definition) is 2. The second kappa shape index (κ2) is 5.50. The zero-order valence-corrected chi connectivity index (χ0v) is 8.39. The molecular formula is C7H17NO3S. The maximum atomic E-state index is 10.7. The number of aliphatic hydroxyl groups is 1. The van der Waals surface area contributed by atoms with Gasteiger partial charge in [0.2, 0.25) is 0 Å². The van der Waals surface area contributed by atoms with Crippen LogP contribution in [0.5, 0.6) is 0 Å². The highest BCUT2D eigenvalue weighted by atomic mass is 32.2. The van der Waals surface area contributed by atoms with Gasteiger partial charge in [-0.15, -0.1) is 0 Å². The molecule has 5 heteroatoms. The highest BCUT2D eigenvalue weighted by molar-refractivity contribution is 7.90. The molecule has 0 spiro atoms. The van der Waals surface area contributed by atoms with Crippen molar-refractivity contribution in [3.63, 3.8) is 0 Å². The van der Waals surface area contributed by atoms with E-state index in [4.69, 9.17) is 5.11 Å². The molecule has 0 saturated carbocycles. The minimum absolute atomic E-state index is 0.132. The molecule has 1 unspecified atom stereocenters. The van der Waals surface area contributed by atoms with E-state index in [2.05, 4.69) is 5.32 Å². The van der Waals surface area contributed by atoms with Crippen molar-refractivity contribution < 1.29 is 13.5 Å². The van der Waals surface area contributed by atoms with Crippen LogP contribution in [0.25, 0.3) is 0 Å². The second-order valence-electron chi connectivity index (χ2n) is 3.00. The quantitative estimate of drug-likeness (QED) is 0.593. The SMILES string of the molecule is CC(CCO)NCCS(C)(=O)=O. The van der Waals surface area contributed by atoms with Crippen molar-refractivity contribution in [2.45, 2.75) is 19.4 Å². The fourth-order valence-electron chi connectivity index (χ4n) is 0.786. The number of sulfone groups is 1. The normalized spacial score (nSPS) is 14.6. The topological polar surface area (TPSA) is 66.4 Å². The highest BCUT2D eigenvalue weighted by Crippen LogP contribution is 1.88. The first kappa shape index (κ1) is 11.9. The van der Waals surface area contributed by atoms with Gasteiger partial charge in [-0.3, -0.25) is 0 Å². The lowest BCUT2D eigenvalue weighted by molar-refractivity contribution is 0.270. The number of aliphatic hydroxyl groups excluding tert-OH is 1. The molecule has 0 aromatic heterocycles. The van der Waals surface area contributed by atoms with E-state index in [0.717, 1.165) is 0 Å². The van der Waals surface area contributed by atoms with Gasteiger partial charge in [0.05, 0.1) is 5.75 Å². The smallest absolute Gasteiger partial charge is 0.148 e. The largest absolute Gasteiger partial charge is 0.396 e. The molecule has 0 saturated heterocycles. The zero-order valence-electron chi connectivity index (χ0n) is 7.58. The van der Waals surface area contributed by atoms with E-state index >= 15 is 0 Å². The first-order valence-corrected chi connectivity index (χ1v) is 6.03. The van der Waals surface area contributed by atoms with E-state index in [-0.39, 0.29) is 18.4 Å². The van der Waals surface area contributed by atoms with Crippen LogP contribution in [0, 0.1) is 0 Å². The van der Waals surface area contributed by atoms with Gasteiger partial charge in [0.15, 0.2) is 0 Å². The predicted octanol–water partition coefficient (Wildman–Crippen LogP) is -0.608. The summed E-state index contributed by atoms with van der Waals surface area (Å²) < 4.78 is 21.4. The highest BCUT2D eigenvalue weighted by Gasteiger charge is 2.03. The van der Waals surface area contributed by atoms with Gasteiger partial charge in [0.1, 0.15) is 9.84 Å². The van der Waals surface area contributed by atoms with Gasteiger partial charge in [-0.1, -0.05) is 0 Å². The molecule has 0 radical (unpaired) electrons. The minimum Gasteiger partial charge on any atom is -0.396 e. The molecule has 0 bridgehead atoms. The van der Waals surface area contributed by atoms with Gasteiger partial charge in [0, 0.05) is 25.4 Å². The summed E-state index contributed by atoms with van der Waals surface area (Å²) >= 11 is 0. The fourth-order valence-corrected chi connectivity index (χ4v) is 1.28. The Balaban J connectivity index is 3.44. The molecule has 0 aromatic rings. The molecule has 0 fully saturated rings. The van der Waals surface area contributed by atoms with Crippen molar-refractivity contribution in [1.29, 1.82) is 0 Å². The summed E-state index contributed by atoms with van der Waals surface area (Å²) in [6.45, 7) is 2.51. The Hall–Kier alpha value is -0.130. The number of rotatable bonds is 6. The summed E-state index contributed by atoms with van der Waals surface area (Å²) in [4.78, 5) is 0. The van der Waals surface area contributed by atoms with Gasteiger partial charge in [0.25, 0.3) is 0 Å². The second-order valence-corrected chi connectivity index (χ2v) is 5.26. The standard InChI is InChI=1S/C7H17NO3S/c1-7(3-5-9)8-4-6-12(2,10)11/h7-9H,3-6H2,1-2H3. The van der Waals surface area contributed by atoms with Crippen LogP contribution in [-0.2, 0) is 9.84 Å². The van der Waals surface area contributed by atoms with Crippen LogP contribution in [-0.4, -0.2) is 44.7 Å². The monoisotopic (exact) mass is 195 g/mol. The Bertz CT molecular complexity index is 201. The molecule has 0 amide bonds. The van der Waals surface area contributed by atoms with Crippen LogP contribution in [0.3, 0.4) is 0 Å². The first-order valence-electron chi connectivity index (χ1n) is 3.97. The van der Waals surface area contributed by atoms with Crippen LogP contribution < -0.4 is 5.32 Å². The fraction of sp³-hybridized carbons (Fsp3) is 1.00. The van der Waals surface area contributed by atoms with Crippen molar-refractivity contribution in [3.05, 3.63) is 0 Å². The average Bonchev–Trinajstić information content (AvgIpc) is 1.84. The van der Waals surface area contributed by atoms with Gasteiger partial charge in [-0.2, -0.15) is 0 Å². The zero-order chi connectivity index (χ0) is 9.61. The van der Waals surface area contributed by atoms with Crippen LogP contribution in [0.1, 0.15) is 13.3 Å². The van der Waals surface area contributed by atoms with Crippen molar-refractivity contribution in [2.24, 2.45) is 0 Å². The summed E-state index contributed by atoms with van der Waals surface area (Å²) in [6.07, 6.45) is 1.87. The summed E-state index contributed by atoms with van der Waals surface area (Å²) in [5.74, 6) is 0.156. The maximum absolute atomic E-state index is 10.7. The predicted molar refractivity (Wildman–Crippen MR) is 48.9 cm³/mol. The molecule has 0 heterocycles. The average molecular weight is 195 g/mol.